The third-order valence-electron chi connectivity index (χ3n) is 5.42. The number of rotatable bonds is 4. The van der Waals surface area contributed by atoms with Gasteiger partial charge in [0.05, 0.1) is 16.9 Å². The van der Waals surface area contributed by atoms with E-state index in [9.17, 15) is 4.79 Å². The van der Waals surface area contributed by atoms with Crippen molar-refractivity contribution in [3.8, 4) is 11.3 Å². The molecule has 9 nitrogen and oxygen atoms in total. The molecular formula is C24H31N7O2. The van der Waals surface area contributed by atoms with Crippen molar-refractivity contribution in [2.24, 2.45) is 0 Å². The summed E-state index contributed by atoms with van der Waals surface area (Å²) in [6.07, 6.45) is 3.27. The number of nitrogen functional groups attached to an aromatic ring is 1. The van der Waals surface area contributed by atoms with Crippen molar-refractivity contribution in [1.82, 2.24) is 24.8 Å². The Morgan fingerprint density at radius 3 is 2.55 bits per heavy atom. The van der Waals surface area contributed by atoms with Gasteiger partial charge in [0.1, 0.15) is 16.9 Å². The molecule has 0 radical (unpaired) electrons. The van der Waals surface area contributed by atoms with Crippen LogP contribution in [0.5, 0.6) is 0 Å². The number of aromatic nitrogens is 4. The molecule has 0 saturated carbocycles. The number of pyridine rings is 2. The fourth-order valence-corrected chi connectivity index (χ4v) is 3.86. The van der Waals surface area contributed by atoms with Crippen LogP contribution in [-0.4, -0.2) is 62.7 Å². The van der Waals surface area contributed by atoms with Crippen LogP contribution >= 0.6 is 0 Å². The van der Waals surface area contributed by atoms with Crippen molar-refractivity contribution in [3.63, 3.8) is 0 Å². The van der Waals surface area contributed by atoms with Gasteiger partial charge in [-0.3, -0.25) is 0 Å². The topological polar surface area (TPSA) is 110 Å². The first-order valence-corrected chi connectivity index (χ1v) is 11.4. The number of hydrogen-bond acceptors (Lipinski definition) is 8. The standard InChI is InChI=1S/C24H31N7O2/c1-5-6-18-21-19(29-22(25)28-18)8-7-17(27-21)16-9-10-26-20(15-16)30-11-13-31(14-12-30)23(32)33-24(2,3)4/h7-10,15H,5-6,11-14H2,1-4H3,(H2,25,28,29). The zero-order chi connectivity index (χ0) is 23.6. The van der Waals surface area contributed by atoms with Gasteiger partial charge in [-0.15, -0.1) is 0 Å². The molecule has 1 aliphatic heterocycles. The first-order valence-electron chi connectivity index (χ1n) is 11.4. The van der Waals surface area contributed by atoms with E-state index in [1.165, 1.54) is 0 Å². The predicted octanol–water partition coefficient (Wildman–Crippen LogP) is 3.68. The number of carbonyl (C=O) groups excluding carboxylic acids is 1. The Bertz CT molecular complexity index is 1150. The van der Waals surface area contributed by atoms with Gasteiger partial charge in [-0.2, -0.15) is 0 Å². The van der Waals surface area contributed by atoms with Crippen LogP contribution in [0.15, 0.2) is 30.5 Å². The van der Waals surface area contributed by atoms with Crippen LogP contribution < -0.4 is 10.6 Å². The van der Waals surface area contributed by atoms with Crippen LogP contribution in [0, 0.1) is 0 Å². The van der Waals surface area contributed by atoms with Crippen molar-refractivity contribution in [2.75, 3.05) is 36.8 Å². The number of aryl methyl sites for hydroxylation is 1. The zero-order valence-electron chi connectivity index (χ0n) is 19.7. The first-order chi connectivity index (χ1) is 15.7. The lowest BCUT2D eigenvalue weighted by Gasteiger charge is -2.36. The number of piperazine rings is 1. The normalized spacial score (nSPS) is 14.5. The Morgan fingerprint density at radius 1 is 1.09 bits per heavy atom. The van der Waals surface area contributed by atoms with Crippen LogP contribution in [0.3, 0.4) is 0 Å². The van der Waals surface area contributed by atoms with Crippen LogP contribution in [0.2, 0.25) is 0 Å². The summed E-state index contributed by atoms with van der Waals surface area (Å²) in [7, 11) is 0. The smallest absolute Gasteiger partial charge is 0.410 e. The quantitative estimate of drug-likeness (QED) is 0.642. The Hall–Kier alpha value is -3.49. The fourth-order valence-electron chi connectivity index (χ4n) is 3.86. The van der Waals surface area contributed by atoms with Gasteiger partial charge in [0, 0.05) is 37.9 Å². The second-order valence-corrected chi connectivity index (χ2v) is 9.20. The highest BCUT2D eigenvalue weighted by atomic mass is 16.6. The van der Waals surface area contributed by atoms with Crippen LogP contribution in [0.4, 0.5) is 16.6 Å². The Balaban J connectivity index is 1.53. The van der Waals surface area contributed by atoms with Crippen molar-refractivity contribution in [1.29, 1.82) is 0 Å². The van der Waals surface area contributed by atoms with E-state index < -0.39 is 5.60 Å². The maximum absolute atomic E-state index is 12.3. The molecule has 1 amide bonds. The van der Waals surface area contributed by atoms with Crippen molar-refractivity contribution in [3.05, 3.63) is 36.2 Å². The lowest BCUT2D eigenvalue weighted by molar-refractivity contribution is 0.0240. The number of nitrogens with two attached hydrogens (primary N) is 1. The van der Waals surface area contributed by atoms with Crippen molar-refractivity contribution >= 4 is 28.9 Å². The number of fused-ring (bicyclic) bond motifs is 1. The minimum absolute atomic E-state index is 0.269. The molecule has 33 heavy (non-hydrogen) atoms. The van der Waals surface area contributed by atoms with Crippen LogP contribution in [-0.2, 0) is 11.2 Å². The summed E-state index contributed by atoms with van der Waals surface area (Å²) < 4.78 is 5.49. The van der Waals surface area contributed by atoms with Gasteiger partial charge in [0.25, 0.3) is 0 Å². The molecule has 0 atom stereocenters. The van der Waals surface area contributed by atoms with Gasteiger partial charge in [0.2, 0.25) is 5.95 Å². The van der Waals surface area contributed by atoms with E-state index in [2.05, 4.69) is 26.8 Å². The molecule has 1 aliphatic rings. The molecule has 3 aromatic heterocycles. The van der Waals surface area contributed by atoms with Crippen LogP contribution in [0.25, 0.3) is 22.3 Å². The second-order valence-electron chi connectivity index (χ2n) is 9.20. The summed E-state index contributed by atoms with van der Waals surface area (Å²) in [5.41, 5.74) is 9.59. The number of hydrogen-bond donors (Lipinski definition) is 1. The van der Waals surface area contributed by atoms with Gasteiger partial charge in [-0.05, 0) is 51.5 Å². The van der Waals surface area contributed by atoms with Gasteiger partial charge < -0.3 is 20.3 Å². The minimum Gasteiger partial charge on any atom is -0.444 e. The van der Waals surface area contributed by atoms with E-state index in [0.29, 0.717) is 26.2 Å². The van der Waals surface area contributed by atoms with Gasteiger partial charge in [-0.25, -0.2) is 24.7 Å². The molecule has 0 bridgehead atoms. The minimum atomic E-state index is -0.495. The lowest BCUT2D eigenvalue weighted by atomic mass is 10.1. The summed E-state index contributed by atoms with van der Waals surface area (Å²) in [5.74, 6) is 1.14. The maximum atomic E-state index is 12.3. The average molecular weight is 450 g/mol. The highest BCUT2D eigenvalue weighted by molar-refractivity contribution is 5.81. The van der Waals surface area contributed by atoms with Crippen molar-refractivity contribution < 1.29 is 9.53 Å². The Labute approximate surface area is 194 Å². The summed E-state index contributed by atoms with van der Waals surface area (Å²) >= 11 is 0. The SMILES string of the molecule is CCCc1nc(N)nc2ccc(-c3ccnc(N4CCN(C(=O)OC(C)(C)C)CC4)c3)nc12. The summed E-state index contributed by atoms with van der Waals surface area (Å²) in [4.78, 5) is 34.4. The van der Waals surface area contributed by atoms with E-state index >= 15 is 0 Å². The molecule has 9 heteroatoms. The molecule has 2 N–H and O–H groups in total. The molecule has 0 aliphatic carbocycles. The number of amides is 1. The van der Waals surface area contributed by atoms with E-state index in [0.717, 1.165) is 46.6 Å². The molecular weight excluding hydrogens is 418 g/mol. The highest BCUT2D eigenvalue weighted by Gasteiger charge is 2.26. The third-order valence-corrected chi connectivity index (χ3v) is 5.42. The van der Waals surface area contributed by atoms with Gasteiger partial charge >= 0.3 is 6.09 Å². The molecule has 0 unspecified atom stereocenters. The largest absolute Gasteiger partial charge is 0.444 e. The van der Waals surface area contributed by atoms with E-state index in [4.69, 9.17) is 15.5 Å². The molecule has 0 spiro atoms. The average Bonchev–Trinajstić information content (AvgIpc) is 2.78. The summed E-state index contributed by atoms with van der Waals surface area (Å²) in [6.45, 7) is 10.3. The van der Waals surface area contributed by atoms with E-state index in [1.807, 2.05) is 45.0 Å². The van der Waals surface area contributed by atoms with E-state index in [1.54, 1.807) is 11.1 Å². The number of nitrogens with zero attached hydrogens (tertiary/aromatic N) is 6. The Morgan fingerprint density at radius 2 is 1.85 bits per heavy atom. The Kier molecular flexibility index (Phi) is 6.31. The molecule has 174 valence electrons. The molecule has 0 aromatic carbocycles. The summed E-state index contributed by atoms with van der Waals surface area (Å²) in [5, 5.41) is 0. The third kappa shape index (κ3) is 5.30. The number of carbonyl (C=O) groups is 1. The summed E-state index contributed by atoms with van der Waals surface area (Å²) in [6, 6.07) is 7.87. The second kappa shape index (κ2) is 9.17. The van der Waals surface area contributed by atoms with E-state index in [-0.39, 0.29) is 12.0 Å². The molecule has 4 rings (SSSR count). The molecule has 4 heterocycles. The fraction of sp³-hybridized carbons (Fsp3) is 0.458. The molecule has 3 aromatic rings. The molecule has 1 fully saturated rings. The number of ether oxygens (including phenoxy) is 1. The van der Waals surface area contributed by atoms with Crippen molar-refractivity contribution in [2.45, 2.75) is 46.1 Å². The van der Waals surface area contributed by atoms with Gasteiger partial charge in [0.15, 0.2) is 0 Å². The predicted molar refractivity (Wildman–Crippen MR) is 129 cm³/mol. The van der Waals surface area contributed by atoms with Gasteiger partial charge in [-0.1, -0.05) is 13.3 Å². The highest BCUT2D eigenvalue weighted by Crippen LogP contribution is 2.26. The lowest BCUT2D eigenvalue weighted by Crippen LogP contribution is -2.50. The first kappa shape index (κ1) is 22.7. The monoisotopic (exact) mass is 449 g/mol. The maximum Gasteiger partial charge on any atom is 0.410 e. The van der Waals surface area contributed by atoms with Crippen LogP contribution in [0.1, 0.15) is 39.8 Å². The molecule has 1 saturated heterocycles. The zero-order valence-corrected chi connectivity index (χ0v) is 19.7. The number of anilines is 2.